The maximum Gasteiger partial charge on any atom is 0.326 e. The Balaban J connectivity index is 1.81. The average molecular weight is 422 g/mol. The third-order valence-corrected chi connectivity index (χ3v) is 5.44. The molecule has 0 saturated heterocycles. The number of thiazole rings is 1. The molecule has 30 heavy (non-hydrogen) atoms. The third-order valence-electron chi connectivity index (χ3n) is 4.40. The van der Waals surface area contributed by atoms with E-state index in [1.807, 2.05) is 12.1 Å². The van der Waals surface area contributed by atoms with E-state index in [1.165, 1.54) is 11.3 Å². The zero-order valence-electron chi connectivity index (χ0n) is 16.4. The zero-order chi connectivity index (χ0) is 21.1. The highest BCUT2D eigenvalue weighted by molar-refractivity contribution is 7.16. The van der Waals surface area contributed by atoms with Crippen molar-refractivity contribution in [3.8, 4) is 5.75 Å². The first-order valence-electron chi connectivity index (χ1n) is 9.22. The number of benzene rings is 2. The highest BCUT2D eigenvalue weighted by atomic mass is 32.1. The van der Waals surface area contributed by atoms with Crippen LogP contribution < -0.4 is 9.54 Å². The second-order valence-corrected chi connectivity index (χ2v) is 7.30. The number of hydrogen-bond acceptors (Lipinski definition) is 7. The van der Waals surface area contributed by atoms with E-state index in [-0.39, 0.29) is 13.2 Å². The van der Waals surface area contributed by atoms with Crippen molar-refractivity contribution in [1.82, 2.24) is 14.5 Å². The van der Waals surface area contributed by atoms with Crippen LogP contribution in [0.3, 0.4) is 0 Å². The van der Waals surface area contributed by atoms with Crippen LogP contribution in [0.1, 0.15) is 17.3 Å². The van der Waals surface area contributed by atoms with E-state index in [9.17, 15) is 9.59 Å². The Morgan fingerprint density at radius 2 is 1.90 bits per heavy atom. The minimum Gasteiger partial charge on any atom is -0.497 e. The van der Waals surface area contributed by atoms with Gasteiger partial charge in [-0.3, -0.25) is 19.6 Å². The summed E-state index contributed by atoms with van der Waals surface area (Å²) in [5, 5.41) is 0. The molecule has 0 aliphatic heterocycles. The van der Waals surface area contributed by atoms with Crippen LogP contribution in [0.4, 0.5) is 0 Å². The summed E-state index contributed by atoms with van der Waals surface area (Å²) in [6.45, 7) is 1.98. The van der Waals surface area contributed by atoms with Crippen LogP contribution in [-0.4, -0.2) is 40.1 Å². The molecule has 2 aromatic heterocycles. The number of aromatic nitrogens is 3. The van der Waals surface area contributed by atoms with Gasteiger partial charge in [0.1, 0.15) is 12.3 Å². The third kappa shape index (κ3) is 3.92. The van der Waals surface area contributed by atoms with E-state index in [1.54, 1.807) is 55.3 Å². The van der Waals surface area contributed by atoms with E-state index >= 15 is 0 Å². The smallest absolute Gasteiger partial charge is 0.326 e. The topological polar surface area (TPSA) is 95.7 Å². The van der Waals surface area contributed by atoms with Gasteiger partial charge in [-0.25, -0.2) is 0 Å². The largest absolute Gasteiger partial charge is 0.497 e. The van der Waals surface area contributed by atoms with Crippen molar-refractivity contribution in [2.24, 2.45) is 4.99 Å². The molecule has 0 fully saturated rings. The van der Waals surface area contributed by atoms with Gasteiger partial charge in [-0.1, -0.05) is 11.3 Å². The number of rotatable bonds is 5. The van der Waals surface area contributed by atoms with Crippen LogP contribution in [-0.2, 0) is 16.1 Å². The second-order valence-electron chi connectivity index (χ2n) is 6.29. The summed E-state index contributed by atoms with van der Waals surface area (Å²) in [4.78, 5) is 38.1. The highest BCUT2D eigenvalue weighted by Crippen LogP contribution is 2.23. The lowest BCUT2D eigenvalue weighted by Crippen LogP contribution is -2.23. The lowest BCUT2D eigenvalue weighted by atomic mass is 10.2. The van der Waals surface area contributed by atoms with Gasteiger partial charge in [0, 0.05) is 18.0 Å². The summed E-state index contributed by atoms with van der Waals surface area (Å²) >= 11 is 1.30. The number of fused-ring (bicyclic) bond motifs is 2. The average Bonchev–Trinajstić information content (AvgIpc) is 3.09. The molecule has 0 radical (unpaired) electrons. The Morgan fingerprint density at radius 3 is 2.67 bits per heavy atom. The predicted molar refractivity (Wildman–Crippen MR) is 112 cm³/mol. The van der Waals surface area contributed by atoms with E-state index < -0.39 is 11.9 Å². The lowest BCUT2D eigenvalue weighted by molar-refractivity contribution is -0.143. The summed E-state index contributed by atoms with van der Waals surface area (Å²) in [5.74, 6) is -0.153. The number of amides is 1. The van der Waals surface area contributed by atoms with Crippen molar-refractivity contribution in [2.45, 2.75) is 13.5 Å². The van der Waals surface area contributed by atoms with Crippen LogP contribution in [0, 0.1) is 0 Å². The van der Waals surface area contributed by atoms with Crippen LogP contribution >= 0.6 is 11.3 Å². The van der Waals surface area contributed by atoms with Crippen molar-refractivity contribution in [3.05, 3.63) is 59.2 Å². The standard InChI is InChI=1S/C21H18N4O4S/c1-3-29-19(26)12-25-17-7-5-14(28-2)11-18(17)30-21(25)24-20(27)13-4-6-15-16(10-13)23-9-8-22-15/h4-11H,3,12H2,1-2H3. The van der Waals surface area contributed by atoms with Gasteiger partial charge in [0.05, 0.1) is 35.0 Å². The molecule has 152 valence electrons. The zero-order valence-corrected chi connectivity index (χ0v) is 17.2. The molecule has 0 bridgehead atoms. The Bertz CT molecular complexity index is 1330. The van der Waals surface area contributed by atoms with Gasteiger partial charge in [-0.15, -0.1) is 0 Å². The van der Waals surface area contributed by atoms with Gasteiger partial charge in [-0.2, -0.15) is 4.99 Å². The fourth-order valence-electron chi connectivity index (χ4n) is 3.00. The molecule has 0 aliphatic carbocycles. The molecule has 9 heteroatoms. The molecule has 0 N–H and O–H groups in total. The van der Waals surface area contributed by atoms with Crippen molar-refractivity contribution in [1.29, 1.82) is 0 Å². The first kappa shape index (κ1) is 19.7. The molecule has 4 aromatic rings. The number of methoxy groups -OCH3 is 1. The van der Waals surface area contributed by atoms with Crippen LogP contribution in [0.15, 0.2) is 53.8 Å². The molecule has 4 rings (SSSR count). The lowest BCUT2D eigenvalue weighted by Gasteiger charge is -2.05. The molecule has 2 aromatic carbocycles. The molecule has 1 amide bonds. The predicted octanol–water partition coefficient (Wildman–Crippen LogP) is 2.96. The first-order chi connectivity index (χ1) is 14.6. The van der Waals surface area contributed by atoms with Gasteiger partial charge in [0.2, 0.25) is 0 Å². The van der Waals surface area contributed by atoms with Gasteiger partial charge >= 0.3 is 5.97 Å². The molecule has 0 unspecified atom stereocenters. The van der Waals surface area contributed by atoms with E-state index in [0.717, 1.165) is 10.2 Å². The SMILES string of the molecule is CCOC(=O)Cn1c(=NC(=O)c2ccc3nccnc3c2)sc2cc(OC)ccc21. The monoisotopic (exact) mass is 422 g/mol. The fraction of sp³-hybridized carbons (Fsp3) is 0.190. The molecule has 8 nitrogen and oxygen atoms in total. The Kier molecular flexibility index (Phi) is 5.53. The molecule has 0 atom stereocenters. The van der Waals surface area contributed by atoms with Crippen LogP contribution in [0.2, 0.25) is 0 Å². The number of carbonyl (C=O) groups excluding carboxylic acids is 2. The van der Waals surface area contributed by atoms with Gasteiger partial charge in [-0.05, 0) is 43.3 Å². The molecule has 2 heterocycles. The quantitative estimate of drug-likeness (QED) is 0.459. The van der Waals surface area contributed by atoms with E-state index in [2.05, 4.69) is 15.0 Å². The summed E-state index contributed by atoms with van der Waals surface area (Å²) in [6, 6.07) is 10.5. The summed E-state index contributed by atoms with van der Waals surface area (Å²) in [6.07, 6.45) is 3.17. The van der Waals surface area contributed by atoms with Gasteiger partial charge in [0.15, 0.2) is 4.80 Å². The number of nitrogens with zero attached hydrogens (tertiary/aromatic N) is 4. The molecule has 0 aliphatic rings. The summed E-state index contributed by atoms with van der Waals surface area (Å²) < 4.78 is 12.9. The number of carbonyl (C=O) groups is 2. The van der Waals surface area contributed by atoms with Gasteiger partial charge in [0.25, 0.3) is 5.91 Å². The van der Waals surface area contributed by atoms with Crippen molar-refractivity contribution in [3.63, 3.8) is 0 Å². The van der Waals surface area contributed by atoms with Crippen molar-refractivity contribution >= 4 is 44.5 Å². The highest BCUT2D eigenvalue weighted by Gasteiger charge is 2.14. The fourth-order valence-corrected chi connectivity index (χ4v) is 4.06. The van der Waals surface area contributed by atoms with Crippen molar-refractivity contribution < 1.29 is 19.1 Å². The number of hydrogen-bond donors (Lipinski definition) is 0. The first-order valence-corrected chi connectivity index (χ1v) is 10.0. The summed E-state index contributed by atoms with van der Waals surface area (Å²) in [7, 11) is 1.58. The second kappa shape index (κ2) is 8.42. The van der Waals surface area contributed by atoms with E-state index in [0.29, 0.717) is 27.1 Å². The molecular formula is C21H18N4O4S. The van der Waals surface area contributed by atoms with Gasteiger partial charge < -0.3 is 14.0 Å². The van der Waals surface area contributed by atoms with Crippen LogP contribution in [0.5, 0.6) is 5.75 Å². The van der Waals surface area contributed by atoms with Crippen molar-refractivity contribution in [2.75, 3.05) is 13.7 Å². The number of esters is 1. The number of ether oxygens (including phenoxy) is 2. The molecular weight excluding hydrogens is 404 g/mol. The molecule has 0 saturated carbocycles. The minimum absolute atomic E-state index is 0.0462. The maximum absolute atomic E-state index is 12.9. The minimum atomic E-state index is -0.432. The summed E-state index contributed by atoms with van der Waals surface area (Å²) in [5.41, 5.74) is 2.46. The van der Waals surface area contributed by atoms with Crippen LogP contribution in [0.25, 0.3) is 21.3 Å². The Hall–Kier alpha value is -3.59. The Labute approximate surface area is 175 Å². The molecule has 0 spiro atoms. The normalized spacial score (nSPS) is 11.7. The Morgan fingerprint density at radius 1 is 1.10 bits per heavy atom. The van der Waals surface area contributed by atoms with E-state index in [4.69, 9.17) is 9.47 Å². The maximum atomic E-state index is 12.9.